The number of thioether (sulfide) groups is 1. The monoisotopic (exact) mass is 370 g/mol. The number of nitro groups is 1. The minimum Gasteiger partial charge on any atom is -0.262 e. The summed E-state index contributed by atoms with van der Waals surface area (Å²) >= 11 is 1.59. The molecule has 4 aliphatic carbocycles. The highest BCUT2D eigenvalue weighted by Gasteiger charge is 2.53. The van der Waals surface area contributed by atoms with Gasteiger partial charge < -0.3 is 0 Å². The Kier molecular flexibility index (Phi) is 3.81. The van der Waals surface area contributed by atoms with Crippen LogP contribution in [0.4, 0.5) is 5.69 Å². The quantitative estimate of drug-likeness (QED) is 0.477. The van der Waals surface area contributed by atoms with Crippen molar-refractivity contribution in [2.45, 2.75) is 54.8 Å². The molecule has 4 fully saturated rings. The lowest BCUT2D eigenvalue weighted by Gasteiger charge is -2.55. The molecule has 6 rings (SSSR count). The summed E-state index contributed by atoms with van der Waals surface area (Å²) in [5.41, 5.74) is 1.41. The number of aromatic nitrogens is 3. The van der Waals surface area contributed by atoms with E-state index in [1.807, 2.05) is 0 Å². The van der Waals surface area contributed by atoms with Crippen LogP contribution in [0.5, 0.6) is 0 Å². The molecular weight excluding hydrogens is 348 g/mol. The number of nitro benzene ring substituents is 1. The molecule has 26 heavy (non-hydrogen) atoms. The number of non-ortho nitro benzene ring substituents is 1. The first-order chi connectivity index (χ1) is 12.6. The van der Waals surface area contributed by atoms with Crippen molar-refractivity contribution in [3.05, 3.63) is 45.8 Å². The standard InChI is InChI=1S/C19H22N4O2S/c24-23(25)16-3-1-12(2-4-16)11-26-18-20-17(21-22-18)19-8-13-5-14(9-19)7-15(6-13)10-19/h1-4,13-15H,5-11H2,(H,20,21,22). The van der Waals surface area contributed by atoms with Gasteiger partial charge >= 0.3 is 0 Å². The van der Waals surface area contributed by atoms with Crippen LogP contribution in [0.1, 0.15) is 49.9 Å². The summed E-state index contributed by atoms with van der Waals surface area (Å²) in [7, 11) is 0. The van der Waals surface area contributed by atoms with Gasteiger partial charge in [-0.2, -0.15) is 0 Å². The first kappa shape index (κ1) is 16.3. The molecular formula is C19H22N4O2S. The fourth-order valence-corrected chi connectivity index (χ4v) is 6.56. The number of rotatable bonds is 5. The molecule has 0 amide bonds. The van der Waals surface area contributed by atoms with E-state index in [0.29, 0.717) is 0 Å². The first-order valence-electron chi connectivity index (χ1n) is 9.39. The van der Waals surface area contributed by atoms with E-state index in [4.69, 9.17) is 4.98 Å². The van der Waals surface area contributed by atoms with Crippen LogP contribution in [0, 0.1) is 27.9 Å². The summed E-state index contributed by atoms with van der Waals surface area (Å²) in [5.74, 6) is 4.49. The second-order valence-electron chi connectivity index (χ2n) is 8.38. The Morgan fingerprint density at radius 2 is 1.73 bits per heavy atom. The summed E-state index contributed by atoms with van der Waals surface area (Å²) in [6.07, 6.45) is 8.11. The van der Waals surface area contributed by atoms with Gasteiger partial charge in [0.25, 0.3) is 5.69 Å². The number of H-pyrrole nitrogens is 1. The van der Waals surface area contributed by atoms with Crippen LogP contribution in [0.3, 0.4) is 0 Å². The maximum atomic E-state index is 10.7. The lowest BCUT2D eigenvalue weighted by Crippen LogP contribution is -2.49. The van der Waals surface area contributed by atoms with Crippen molar-refractivity contribution in [3.63, 3.8) is 0 Å². The average molecular weight is 370 g/mol. The Bertz CT molecular complexity index is 797. The molecule has 1 N–H and O–H groups in total. The molecule has 4 aliphatic rings. The number of aromatic amines is 1. The number of nitrogens with one attached hydrogen (secondary N) is 1. The molecule has 0 saturated heterocycles. The second kappa shape index (κ2) is 6.08. The van der Waals surface area contributed by atoms with E-state index in [0.717, 1.165) is 40.1 Å². The highest BCUT2D eigenvalue weighted by molar-refractivity contribution is 7.98. The van der Waals surface area contributed by atoms with Crippen LogP contribution in [0.15, 0.2) is 29.4 Å². The maximum Gasteiger partial charge on any atom is 0.269 e. The normalized spacial score (nSPS) is 32.1. The molecule has 1 heterocycles. The molecule has 0 unspecified atom stereocenters. The van der Waals surface area contributed by atoms with Gasteiger partial charge in [-0.15, -0.1) is 5.10 Å². The molecule has 4 bridgehead atoms. The van der Waals surface area contributed by atoms with E-state index in [2.05, 4.69) is 10.2 Å². The smallest absolute Gasteiger partial charge is 0.262 e. The molecule has 0 aliphatic heterocycles. The van der Waals surface area contributed by atoms with Gasteiger partial charge in [0.2, 0.25) is 5.16 Å². The third-order valence-electron chi connectivity index (χ3n) is 6.52. The number of hydrogen-bond donors (Lipinski definition) is 1. The lowest BCUT2D eigenvalue weighted by atomic mass is 9.49. The fourth-order valence-electron chi connectivity index (χ4n) is 5.81. The van der Waals surface area contributed by atoms with E-state index < -0.39 is 0 Å². The largest absolute Gasteiger partial charge is 0.269 e. The van der Waals surface area contributed by atoms with Crippen LogP contribution in [-0.2, 0) is 11.2 Å². The zero-order chi connectivity index (χ0) is 17.7. The lowest BCUT2D eigenvalue weighted by molar-refractivity contribution is -0.384. The van der Waals surface area contributed by atoms with Crippen molar-refractivity contribution >= 4 is 17.4 Å². The minimum absolute atomic E-state index is 0.126. The third-order valence-corrected chi connectivity index (χ3v) is 7.44. The van der Waals surface area contributed by atoms with Gasteiger partial charge in [-0.3, -0.25) is 15.2 Å². The van der Waals surface area contributed by atoms with E-state index in [1.54, 1.807) is 36.0 Å². The van der Waals surface area contributed by atoms with Crippen molar-refractivity contribution in [1.82, 2.24) is 15.2 Å². The second-order valence-corrected chi connectivity index (χ2v) is 9.32. The summed E-state index contributed by atoms with van der Waals surface area (Å²) in [6, 6.07) is 6.71. The van der Waals surface area contributed by atoms with E-state index in [9.17, 15) is 10.1 Å². The van der Waals surface area contributed by atoms with Crippen molar-refractivity contribution in [2.24, 2.45) is 17.8 Å². The van der Waals surface area contributed by atoms with Crippen molar-refractivity contribution < 1.29 is 4.92 Å². The molecule has 2 aromatic rings. The van der Waals surface area contributed by atoms with Gasteiger partial charge in [-0.1, -0.05) is 23.9 Å². The molecule has 1 aromatic heterocycles. The first-order valence-corrected chi connectivity index (χ1v) is 10.4. The molecule has 0 atom stereocenters. The molecule has 136 valence electrons. The Morgan fingerprint density at radius 1 is 1.12 bits per heavy atom. The van der Waals surface area contributed by atoms with Gasteiger partial charge in [0.15, 0.2) is 0 Å². The fraction of sp³-hybridized carbons (Fsp3) is 0.579. The van der Waals surface area contributed by atoms with E-state index in [1.165, 1.54) is 38.5 Å². The van der Waals surface area contributed by atoms with E-state index >= 15 is 0 Å². The van der Waals surface area contributed by atoms with Crippen molar-refractivity contribution in [1.29, 1.82) is 0 Å². The van der Waals surface area contributed by atoms with Gasteiger partial charge in [0, 0.05) is 23.3 Å². The van der Waals surface area contributed by atoms with Crippen LogP contribution >= 0.6 is 11.8 Å². The molecule has 1 aromatic carbocycles. The average Bonchev–Trinajstić information content (AvgIpc) is 3.09. The molecule has 4 saturated carbocycles. The molecule has 7 heteroatoms. The highest BCUT2D eigenvalue weighted by Crippen LogP contribution is 2.60. The number of benzene rings is 1. The van der Waals surface area contributed by atoms with Crippen molar-refractivity contribution in [2.75, 3.05) is 0 Å². The predicted molar refractivity (Wildman–Crippen MR) is 98.9 cm³/mol. The summed E-state index contributed by atoms with van der Waals surface area (Å²) in [4.78, 5) is 15.2. The Morgan fingerprint density at radius 3 is 2.31 bits per heavy atom. The topological polar surface area (TPSA) is 84.7 Å². The van der Waals surface area contributed by atoms with E-state index in [-0.39, 0.29) is 16.0 Å². The van der Waals surface area contributed by atoms with Crippen LogP contribution < -0.4 is 0 Å². The third kappa shape index (κ3) is 2.82. The van der Waals surface area contributed by atoms with Crippen LogP contribution in [0.25, 0.3) is 0 Å². The maximum absolute atomic E-state index is 10.7. The summed E-state index contributed by atoms with van der Waals surface area (Å²) in [6.45, 7) is 0. The van der Waals surface area contributed by atoms with Gasteiger partial charge in [-0.05, 0) is 61.8 Å². The summed E-state index contributed by atoms with van der Waals surface area (Å²) < 4.78 is 0. The molecule has 6 nitrogen and oxygen atoms in total. The van der Waals surface area contributed by atoms with Gasteiger partial charge in [0.05, 0.1) is 4.92 Å². The number of nitrogens with zero attached hydrogens (tertiary/aromatic N) is 3. The summed E-state index contributed by atoms with van der Waals surface area (Å²) in [5, 5.41) is 19.2. The van der Waals surface area contributed by atoms with Crippen molar-refractivity contribution in [3.8, 4) is 0 Å². The van der Waals surface area contributed by atoms with Gasteiger partial charge in [-0.25, -0.2) is 4.98 Å². The Labute approximate surface area is 156 Å². The molecule has 0 spiro atoms. The van der Waals surface area contributed by atoms with Crippen LogP contribution in [0.2, 0.25) is 0 Å². The molecule has 0 radical (unpaired) electrons. The number of hydrogen-bond acceptors (Lipinski definition) is 5. The zero-order valence-corrected chi connectivity index (χ0v) is 15.4. The minimum atomic E-state index is -0.371. The Balaban J connectivity index is 1.28. The zero-order valence-electron chi connectivity index (χ0n) is 14.6. The van der Waals surface area contributed by atoms with Crippen LogP contribution in [-0.4, -0.2) is 20.1 Å². The highest BCUT2D eigenvalue weighted by atomic mass is 32.2. The van der Waals surface area contributed by atoms with Gasteiger partial charge in [0.1, 0.15) is 5.82 Å². The Hall–Kier alpha value is -1.89. The SMILES string of the molecule is O=[N+]([O-])c1ccc(CSc2n[nH]c(C34CC5CC(CC(C5)C3)C4)n2)cc1. The predicted octanol–water partition coefficient (Wildman–Crippen LogP) is 4.47.